The van der Waals surface area contributed by atoms with Crippen LogP contribution >= 0.6 is 0 Å². The van der Waals surface area contributed by atoms with Crippen molar-refractivity contribution in [3.05, 3.63) is 76.3 Å². The smallest absolute Gasteiger partial charge is 0.244 e. The molecule has 1 aliphatic rings. The van der Waals surface area contributed by atoms with Gasteiger partial charge in [-0.2, -0.15) is 5.26 Å². The molecule has 170 valence electrons. The first kappa shape index (κ1) is 22.1. The summed E-state index contributed by atoms with van der Waals surface area (Å²) in [5.41, 5.74) is 9.84. The Morgan fingerprint density at radius 1 is 1.06 bits per heavy atom. The number of aromatic nitrogens is 2. The highest BCUT2D eigenvalue weighted by molar-refractivity contribution is 5.57. The first-order valence-corrected chi connectivity index (χ1v) is 10.7. The lowest BCUT2D eigenvalue weighted by Gasteiger charge is -2.24. The Labute approximate surface area is 192 Å². The third kappa shape index (κ3) is 4.44. The molecule has 4 rings (SSSR count). The SMILES string of the molecule is CCOc1cc(C2C(C#N)=C(N)Oc3n[nH]c(C)c32)ccc1OCCOc1ccccc1C. The van der Waals surface area contributed by atoms with Crippen molar-refractivity contribution < 1.29 is 18.9 Å². The van der Waals surface area contributed by atoms with Gasteiger partial charge >= 0.3 is 0 Å². The van der Waals surface area contributed by atoms with Crippen molar-refractivity contribution >= 4 is 0 Å². The fourth-order valence-corrected chi connectivity index (χ4v) is 3.85. The number of rotatable bonds is 8. The molecule has 0 aliphatic carbocycles. The van der Waals surface area contributed by atoms with Gasteiger partial charge in [-0.1, -0.05) is 24.3 Å². The number of hydrogen-bond acceptors (Lipinski definition) is 7. The molecule has 0 saturated carbocycles. The number of aromatic amines is 1. The van der Waals surface area contributed by atoms with Gasteiger partial charge in [0.05, 0.1) is 12.5 Å². The van der Waals surface area contributed by atoms with Crippen molar-refractivity contribution in [2.45, 2.75) is 26.7 Å². The molecule has 3 aromatic rings. The Bertz CT molecular complexity index is 1230. The largest absolute Gasteiger partial charge is 0.490 e. The normalized spacial score (nSPS) is 14.8. The van der Waals surface area contributed by atoms with Crippen molar-refractivity contribution in [1.29, 1.82) is 5.26 Å². The van der Waals surface area contributed by atoms with Crippen LogP contribution in [-0.4, -0.2) is 30.0 Å². The fourth-order valence-electron chi connectivity index (χ4n) is 3.85. The molecule has 0 radical (unpaired) electrons. The van der Waals surface area contributed by atoms with E-state index in [1.165, 1.54) is 0 Å². The molecule has 0 saturated heterocycles. The summed E-state index contributed by atoms with van der Waals surface area (Å²) < 4.78 is 23.2. The summed E-state index contributed by atoms with van der Waals surface area (Å²) in [6.07, 6.45) is 0. The van der Waals surface area contributed by atoms with Crippen molar-refractivity contribution in [3.8, 4) is 29.2 Å². The number of benzene rings is 2. The predicted octanol–water partition coefficient (Wildman–Crippen LogP) is 4.10. The van der Waals surface area contributed by atoms with Crippen LogP contribution in [0, 0.1) is 25.2 Å². The molecule has 2 aromatic carbocycles. The highest BCUT2D eigenvalue weighted by Crippen LogP contribution is 2.44. The van der Waals surface area contributed by atoms with Crippen LogP contribution in [0.4, 0.5) is 0 Å². The first-order chi connectivity index (χ1) is 16.0. The van der Waals surface area contributed by atoms with Crippen molar-refractivity contribution in [2.24, 2.45) is 5.73 Å². The van der Waals surface area contributed by atoms with Gasteiger partial charge in [0.15, 0.2) is 11.5 Å². The van der Waals surface area contributed by atoms with Gasteiger partial charge in [-0.25, -0.2) is 0 Å². The number of nitrogens with zero attached hydrogens (tertiary/aromatic N) is 2. The second kappa shape index (κ2) is 9.57. The zero-order valence-electron chi connectivity index (χ0n) is 18.8. The Balaban J connectivity index is 1.56. The van der Waals surface area contributed by atoms with E-state index in [1.54, 1.807) is 0 Å². The lowest BCUT2D eigenvalue weighted by molar-refractivity contribution is 0.207. The van der Waals surface area contributed by atoms with E-state index in [0.29, 0.717) is 42.8 Å². The van der Waals surface area contributed by atoms with Gasteiger partial charge in [0.2, 0.25) is 11.8 Å². The quantitative estimate of drug-likeness (QED) is 0.501. The second-order valence-corrected chi connectivity index (χ2v) is 7.59. The molecule has 8 nitrogen and oxygen atoms in total. The minimum Gasteiger partial charge on any atom is -0.490 e. The summed E-state index contributed by atoms with van der Waals surface area (Å²) in [5, 5.41) is 16.8. The predicted molar refractivity (Wildman–Crippen MR) is 122 cm³/mol. The van der Waals surface area contributed by atoms with Crippen LogP contribution in [0.15, 0.2) is 53.9 Å². The monoisotopic (exact) mass is 446 g/mol. The van der Waals surface area contributed by atoms with Crippen molar-refractivity contribution in [1.82, 2.24) is 10.2 Å². The van der Waals surface area contributed by atoms with Crippen LogP contribution in [0.5, 0.6) is 23.1 Å². The number of fused-ring (bicyclic) bond motifs is 1. The average Bonchev–Trinajstić information content (AvgIpc) is 3.17. The number of nitrogens with two attached hydrogens (primary N) is 1. The summed E-state index contributed by atoms with van der Waals surface area (Å²) in [6.45, 7) is 7.01. The minimum absolute atomic E-state index is 0.0492. The Kier molecular flexibility index (Phi) is 6.41. The summed E-state index contributed by atoms with van der Waals surface area (Å²) in [5.74, 6) is 2.02. The maximum Gasteiger partial charge on any atom is 0.244 e. The van der Waals surface area contributed by atoms with E-state index in [-0.39, 0.29) is 5.88 Å². The zero-order valence-corrected chi connectivity index (χ0v) is 18.8. The fraction of sp³-hybridized carbons (Fsp3) is 0.280. The van der Waals surface area contributed by atoms with Crippen LogP contribution in [0.2, 0.25) is 0 Å². The second-order valence-electron chi connectivity index (χ2n) is 7.59. The molecule has 8 heteroatoms. The first-order valence-electron chi connectivity index (χ1n) is 10.7. The number of ether oxygens (including phenoxy) is 4. The number of aryl methyl sites for hydroxylation is 2. The Morgan fingerprint density at radius 2 is 1.82 bits per heavy atom. The number of para-hydroxylation sites is 1. The van der Waals surface area contributed by atoms with Crippen LogP contribution in [0.25, 0.3) is 0 Å². The van der Waals surface area contributed by atoms with E-state index < -0.39 is 5.92 Å². The maximum atomic E-state index is 9.76. The third-order valence-corrected chi connectivity index (χ3v) is 5.42. The third-order valence-electron chi connectivity index (χ3n) is 5.42. The van der Waals surface area contributed by atoms with Crippen molar-refractivity contribution in [2.75, 3.05) is 19.8 Å². The lowest BCUT2D eigenvalue weighted by atomic mass is 9.84. The molecule has 1 unspecified atom stereocenters. The number of H-pyrrole nitrogens is 1. The van der Waals surface area contributed by atoms with Gasteiger partial charge in [-0.3, -0.25) is 5.10 Å². The van der Waals surface area contributed by atoms with Crippen LogP contribution < -0.4 is 24.7 Å². The van der Waals surface area contributed by atoms with Crippen molar-refractivity contribution in [3.63, 3.8) is 0 Å². The van der Waals surface area contributed by atoms with Gasteiger partial charge in [0.1, 0.15) is 30.6 Å². The van der Waals surface area contributed by atoms with Crippen LogP contribution in [0.3, 0.4) is 0 Å². The Hall–Kier alpha value is -4.12. The number of hydrogen-bond donors (Lipinski definition) is 2. The number of allylic oxidation sites excluding steroid dienone is 1. The number of nitrogens with one attached hydrogen (secondary N) is 1. The molecular formula is C25H26N4O4. The molecule has 33 heavy (non-hydrogen) atoms. The zero-order chi connectivity index (χ0) is 23.4. The maximum absolute atomic E-state index is 9.76. The average molecular weight is 447 g/mol. The van der Waals surface area contributed by atoms with E-state index in [9.17, 15) is 5.26 Å². The van der Waals surface area contributed by atoms with Gasteiger partial charge in [-0.05, 0) is 50.1 Å². The topological polar surface area (TPSA) is 115 Å². The highest BCUT2D eigenvalue weighted by atomic mass is 16.5. The highest BCUT2D eigenvalue weighted by Gasteiger charge is 2.34. The molecule has 0 bridgehead atoms. The molecule has 1 aromatic heterocycles. The summed E-state index contributed by atoms with van der Waals surface area (Å²) in [7, 11) is 0. The van der Waals surface area contributed by atoms with E-state index in [2.05, 4.69) is 16.3 Å². The lowest BCUT2D eigenvalue weighted by Crippen LogP contribution is -2.21. The van der Waals surface area contributed by atoms with E-state index in [0.717, 1.165) is 28.1 Å². The molecule has 0 amide bonds. The molecule has 2 heterocycles. The van der Waals surface area contributed by atoms with Gasteiger partial charge in [-0.15, -0.1) is 5.10 Å². The van der Waals surface area contributed by atoms with E-state index in [4.69, 9.17) is 24.7 Å². The summed E-state index contributed by atoms with van der Waals surface area (Å²) in [4.78, 5) is 0. The van der Waals surface area contributed by atoms with E-state index >= 15 is 0 Å². The molecule has 1 aliphatic heterocycles. The van der Waals surface area contributed by atoms with Crippen LogP contribution in [0.1, 0.15) is 35.2 Å². The van der Waals surface area contributed by atoms with E-state index in [1.807, 2.05) is 63.2 Å². The van der Waals surface area contributed by atoms with Crippen LogP contribution in [-0.2, 0) is 0 Å². The molecular weight excluding hydrogens is 420 g/mol. The summed E-state index contributed by atoms with van der Waals surface area (Å²) >= 11 is 0. The van der Waals surface area contributed by atoms with Gasteiger partial charge in [0.25, 0.3) is 0 Å². The summed E-state index contributed by atoms with van der Waals surface area (Å²) in [6, 6.07) is 15.6. The number of nitriles is 1. The molecule has 0 fully saturated rings. The standard InChI is InChI=1S/C25H26N4O4/c1-4-30-21-13-17(23-18(14-26)24(27)33-25-22(23)16(3)28-29-25)9-10-20(21)32-12-11-31-19-8-6-5-7-15(19)2/h5-10,13,23H,4,11-12,27H2,1-3H3,(H,28,29). The molecule has 1 atom stereocenters. The molecule has 0 spiro atoms. The minimum atomic E-state index is -0.421. The Morgan fingerprint density at radius 3 is 2.55 bits per heavy atom. The molecule has 3 N–H and O–H groups in total. The van der Waals surface area contributed by atoms with Gasteiger partial charge in [0, 0.05) is 11.3 Å². The van der Waals surface area contributed by atoms with Gasteiger partial charge < -0.3 is 24.7 Å².